The Morgan fingerprint density at radius 2 is 2.28 bits per heavy atom. The van der Waals surface area contributed by atoms with E-state index in [1.165, 1.54) is 12.8 Å². The second-order valence-corrected chi connectivity index (χ2v) is 5.91. The van der Waals surface area contributed by atoms with Gasteiger partial charge in [0.05, 0.1) is 17.3 Å². The van der Waals surface area contributed by atoms with Gasteiger partial charge in [-0.1, -0.05) is 11.6 Å². The normalized spacial score (nSPS) is 15.0. The molecule has 94 valence electrons. The molecular weight excluding hydrogens is 365 g/mol. The van der Waals surface area contributed by atoms with Crippen molar-refractivity contribution in [2.75, 3.05) is 0 Å². The Labute approximate surface area is 123 Å². The molecule has 0 radical (unpaired) electrons. The van der Waals surface area contributed by atoms with E-state index in [1.54, 1.807) is 4.68 Å². The standard InChI is InChI=1S/C11H11ClIN5/c12-9-4-1-7(13)5-10(9)18-11(15-16-17-18)6-14-8-2-3-8/h1,4-5,8,14H,2-3,6H2. The van der Waals surface area contributed by atoms with Gasteiger partial charge < -0.3 is 5.32 Å². The highest BCUT2D eigenvalue weighted by molar-refractivity contribution is 14.1. The maximum absolute atomic E-state index is 6.19. The van der Waals surface area contributed by atoms with Crippen LogP contribution in [0.1, 0.15) is 18.7 Å². The third kappa shape index (κ3) is 2.65. The summed E-state index contributed by atoms with van der Waals surface area (Å²) in [5.74, 6) is 0.783. The lowest BCUT2D eigenvalue weighted by atomic mass is 10.3. The van der Waals surface area contributed by atoms with Gasteiger partial charge in [-0.05, 0) is 64.1 Å². The van der Waals surface area contributed by atoms with Crippen LogP contribution in [0.4, 0.5) is 0 Å². The number of hydrogen-bond donors (Lipinski definition) is 1. The van der Waals surface area contributed by atoms with Gasteiger partial charge in [-0.15, -0.1) is 5.10 Å². The van der Waals surface area contributed by atoms with E-state index in [0.29, 0.717) is 17.6 Å². The Hall–Kier alpha value is -0.730. The third-order valence-electron chi connectivity index (χ3n) is 2.80. The molecule has 0 unspecified atom stereocenters. The van der Waals surface area contributed by atoms with Crippen LogP contribution in [0.5, 0.6) is 0 Å². The van der Waals surface area contributed by atoms with E-state index in [0.717, 1.165) is 15.1 Å². The third-order valence-corrected chi connectivity index (χ3v) is 3.79. The minimum Gasteiger partial charge on any atom is -0.307 e. The molecule has 3 rings (SSSR count). The maximum Gasteiger partial charge on any atom is 0.170 e. The minimum atomic E-state index is 0.626. The van der Waals surface area contributed by atoms with Crippen molar-refractivity contribution in [3.63, 3.8) is 0 Å². The van der Waals surface area contributed by atoms with Crippen molar-refractivity contribution >= 4 is 34.2 Å². The van der Waals surface area contributed by atoms with Gasteiger partial charge in [0.25, 0.3) is 0 Å². The number of nitrogens with zero attached hydrogens (tertiary/aromatic N) is 4. The Bertz CT molecular complexity index is 566. The van der Waals surface area contributed by atoms with Crippen molar-refractivity contribution in [1.29, 1.82) is 0 Å². The summed E-state index contributed by atoms with van der Waals surface area (Å²) in [6, 6.07) is 6.42. The summed E-state index contributed by atoms with van der Waals surface area (Å²) in [6.07, 6.45) is 2.48. The second kappa shape index (κ2) is 5.10. The number of aromatic nitrogens is 4. The van der Waals surface area contributed by atoms with Gasteiger partial charge in [0.15, 0.2) is 5.82 Å². The molecule has 1 saturated carbocycles. The minimum absolute atomic E-state index is 0.626. The molecule has 1 heterocycles. The van der Waals surface area contributed by atoms with Crippen LogP contribution in [0.3, 0.4) is 0 Å². The van der Waals surface area contributed by atoms with Crippen LogP contribution < -0.4 is 5.32 Å². The highest BCUT2D eigenvalue weighted by Gasteiger charge is 2.21. The molecule has 0 atom stereocenters. The maximum atomic E-state index is 6.19. The van der Waals surface area contributed by atoms with E-state index in [2.05, 4.69) is 43.4 Å². The average Bonchev–Trinajstić information content (AvgIpc) is 3.08. The molecule has 1 aromatic heterocycles. The largest absolute Gasteiger partial charge is 0.307 e. The first-order valence-corrected chi connectivity index (χ1v) is 7.16. The van der Waals surface area contributed by atoms with Crippen molar-refractivity contribution in [2.45, 2.75) is 25.4 Å². The fourth-order valence-electron chi connectivity index (χ4n) is 1.67. The van der Waals surface area contributed by atoms with Crippen LogP contribution >= 0.6 is 34.2 Å². The number of benzene rings is 1. The van der Waals surface area contributed by atoms with Gasteiger partial charge in [-0.3, -0.25) is 0 Å². The molecule has 1 aliphatic carbocycles. The molecule has 7 heteroatoms. The summed E-state index contributed by atoms with van der Waals surface area (Å²) in [6.45, 7) is 0.666. The van der Waals surface area contributed by atoms with Crippen LogP contribution in [0.2, 0.25) is 5.02 Å². The van der Waals surface area contributed by atoms with E-state index >= 15 is 0 Å². The van der Waals surface area contributed by atoms with E-state index in [-0.39, 0.29) is 0 Å². The molecule has 1 N–H and O–H groups in total. The highest BCUT2D eigenvalue weighted by atomic mass is 127. The zero-order valence-electron chi connectivity index (χ0n) is 9.48. The average molecular weight is 376 g/mol. The molecule has 0 saturated heterocycles. The van der Waals surface area contributed by atoms with Crippen molar-refractivity contribution in [2.24, 2.45) is 0 Å². The fraction of sp³-hybridized carbons (Fsp3) is 0.364. The molecule has 0 bridgehead atoms. The summed E-state index contributed by atoms with van der Waals surface area (Å²) in [5, 5.41) is 15.8. The van der Waals surface area contributed by atoms with Crippen LogP contribution in [0.15, 0.2) is 18.2 Å². The van der Waals surface area contributed by atoms with E-state index in [1.807, 2.05) is 18.2 Å². The predicted octanol–water partition coefficient (Wildman–Crippen LogP) is 2.17. The van der Waals surface area contributed by atoms with Gasteiger partial charge in [-0.2, -0.15) is 4.68 Å². The molecular formula is C11H11ClIN5. The molecule has 1 fully saturated rings. The van der Waals surface area contributed by atoms with Crippen molar-refractivity contribution in [3.05, 3.63) is 32.6 Å². The first-order valence-electron chi connectivity index (χ1n) is 5.70. The van der Waals surface area contributed by atoms with E-state index < -0.39 is 0 Å². The molecule has 0 spiro atoms. The van der Waals surface area contributed by atoms with Gasteiger partial charge >= 0.3 is 0 Å². The van der Waals surface area contributed by atoms with E-state index in [9.17, 15) is 0 Å². The molecule has 2 aromatic rings. The summed E-state index contributed by atoms with van der Waals surface area (Å²) in [5.41, 5.74) is 0.821. The zero-order valence-corrected chi connectivity index (χ0v) is 12.4. The van der Waals surface area contributed by atoms with Gasteiger partial charge in [-0.25, -0.2) is 0 Å². The van der Waals surface area contributed by atoms with Crippen LogP contribution in [0.25, 0.3) is 5.69 Å². The Kier molecular flexibility index (Phi) is 3.49. The van der Waals surface area contributed by atoms with Crippen LogP contribution in [-0.4, -0.2) is 26.2 Å². The van der Waals surface area contributed by atoms with Gasteiger partial charge in [0.1, 0.15) is 0 Å². The lowest BCUT2D eigenvalue weighted by Crippen LogP contribution is -2.19. The predicted molar refractivity (Wildman–Crippen MR) is 76.7 cm³/mol. The lowest BCUT2D eigenvalue weighted by Gasteiger charge is -2.07. The van der Waals surface area contributed by atoms with Crippen LogP contribution in [-0.2, 0) is 6.54 Å². The van der Waals surface area contributed by atoms with Crippen LogP contribution in [0, 0.1) is 3.57 Å². The Morgan fingerprint density at radius 1 is 1.44 bits per heavy atom. The van der Waals surface area contributed by atoms with Gasteiger partial charge in [0, 0.05) is 9.61 Å². The summed E-state index contributed by atoms with van der Waals surface area (Å²) in [4.78, 5) is 0. The SMILES string of the molecule is Clc1ccc(I)cc1-n1nnnc1CNC1CC1. The summed E-state index contributed by atoms with van der Waals surface area (Å²) >= 11 is 8.44. The quantitative estimate of drug-likeness (QED) is 0.832. The molecule has 18 heavy (non-hydrogen) atoms. The number of halogens is 2. The fourth-order valence-corrected chi connectivity index (χ4v) is 2.35. The first-order chi connectivity index (χ1) is 8.74. The summed E-state index contributed by atoms with van der Waals surface area (Å²) < 4.78 is 2.79. The number of tetrazole rings is 1. The van der Waals surface area contributed by atoms with Crippen molar-refractivity contribution < 1.29 is 0 Å². The molecule has 1 aliphatic rings. The smallest absolute Gasteiger partial charge is 0.170 e. The van der Waals surface area contributed by atoms with Gasteiger partial charge in [0.2, 0.25) is 0 Å². The molecule has 1 aromatic carbocycles. The monoisotopic (exact) mass is 375 g/mol. The Balaban J connectivity index is 1.90. The van der Waals surface area contributed by atoms with E-state index in [4.69, 9.17) is 11.6 Å². The lowest BCUT2D eigenvalue weighted by molar-refractivity contribution is 0.637. The van der Waals surface area contributed by atoms with Crippen molar-refractivity contribution in [3.8, 4) is 5.69 Å². The first kappa shape index (κ1) is 12.3. The second-order valence-electron chi connectivity index (χ2n) is 4.26. The zero-order chi connectivity index (χ0) is 12.5. The van der Waals surface area contributed by atoms with Crippen molar-refractivity contribution in [1.82, 2.24) is 25.5 Å². The summed E-state index contributed by atoms with van der Waals surface area (Å²) in [7, 11) is 0. The number of hydrogen-bond acceptors (Lipinski definition) is 4. The molecule has 5 nitrogen and oxygen atoms in total. The number of nitrogens with one attached hydrogen (secondary N) is 1. The molecule has 0 amide bonds. The topological polar surface area (TPSA) is 55.6 Å². The highest BCUT2D eigenvalue weighted by Crippen LogP contribution is 2.23. The Morgan fingerprint density at radius 3 is 3.06 bits per heavy atom. The number of rotatable bonds is 4. The molecule has 0 aliphatic heterocycles.